The zero-order chi connectivity index (χ0) is 22.1. The Bertz CT molecular complexity index is 866. The molecule has 3 rings (SSSR count). The lowest BCUT2D eigenvalue weighted by Gasteiger charge is -2.33. The van der Waals surface area contributed by atoms with Crippen LogP contribution in [-0.2, 0) is 11.3 Å². The number of amides is 3. The highest BCUT2D eigenvalue weighted by atomic mass is 16.5. The Labute approximate surface area is 182 Å². The molecule has 0 bridgehead atoms. The van der Waals surface area contributed by atoms with E-state index in [4.69, 9.17) is 4.74 Å². The standard InChI is InChI=1S/C22H30N6O3/c1-3-31-19-6-4-18(5-7-19)26-21(29)16-25-22(30)24-15-17-8-9-23-20(14-17)28-12-10-27(2)11-13-28/h4-9,14H,3,10-13,15-16H2,1-2H3,(H,26,29)(H2,24,25,30). The molecule has 9 nitrogen and oxygen atoms in total. The van der Waals surface area contributed by atoms with E-state index in [1.807, 2.05) is 19.1 Å². The van der Waals surface area contributed by atoms with Crippen molar-refractivity contribution in [2.24, 2.45) is 0 Å². The average Bonchev–Trinajstić information content (AvgIpc) is 2.78. The van der Waals surface area contributed by atoms with Gasteiger partial charge in [0.05, 0.1) is 13.2 Å². The molecule has 1 aromatic carbocycles. The van der Waals surface area contributed by atoms with Gasteiger partial charge in [-0.25, -0.2) is 9.78 Å². The monoisotopic (exact) mass is 426 g/mol. The van der Waals surface area contributed by atoms with Crippen LogP contribution in [0, 0.1) is 0 Å². The first-order valence-corrected chi connectivity index (χ1v) is 10.5. The molecule has 2 aromatic rings. The van der Waals surface area contributed by atoms with Crippen LogP contribution in [0.3, 0.4) is 0 Å². The maximum atomic E-state index is 12.1. The predicted molar refractivity (Wildman–Crippen MR) is 120 cm³/mol. The zero-order valence-electron chi connectivity index (χ0n) is 18.1. The fourth-order valence-corrected chi connectivity index (χ4v) is 3.19. The number of hydrogen-bond acceptors (Lipinski definition) is 6. The second-order valence-electron chi connectivity index (χ2n) is 7.35. The van der Waals surface area contributed by atoms with Crippen molar-refractivity contribution in [2.45, 2.75) is 13.5 Å². The van der Waals surface area contributed by atoms with Crippen LogP contribution in [-0.4, -0.2) is 68.2 Å². The summed E-state index contributed by atoms with van der Waals surface area (Å²) >= 11 is 0. The van der Waals surface area contributed by atoms with Gasteiger partial charge in [-0.2, -0.15) is 0 Å². The number of pyridine rings is 1. The number of nitrogens with one attached hydrogen (secondary N) is 3. The first-order chi connectivity index (χ1) is 15.0. The summed E-state index contributed by atoms with van der Waals surface area (Å²) in [4.78, 5) is 33.1. The summed E-state index contributed by atoms with van der Waals surface area (Å²) < 4.78 is 5.37. The Hall–Kier alpha value is -3.33. The van der Waals surface area contributed by atoms with Gasteiger partial charge in [0.2, 0.25) is 5.91 Å². The molecule has 1 fully saturated rings. The third kappa shape index (κ3) is 7.14. The fourth-order valence-electron chi connectivity index (χ4n) is 3.19. The number of piperazine rings is 1. The molecule has 0 saturated carbocycles. The number of aromatic nitrogens is 1. The van der Waals surface area contributed by atoms with Crippen LogP contribution in [0.4, 0.5) is 16.3 Å². The molecule has 2 heterocycles. The number of anilines is 2. The molecule has 166 valence electrons. The number of benzene rings is 1. The van der Waals surface area contributed by atoms with Crippen molar-refractivity contribution < 1.29 is 14.3 Å². The van der Waals surface area contributed by atoms with E-state index in [2.05, 4.69) is 37.8 Å². The number of hydrogen-bond donors (Lipinski definition) is 3. The Morgan fingerprint density at radius 1 is 1.06 bits per heavy atom. The SMILES string of the molecule is CCOc1ccc(NC(=O)CNC(=O)NCc2ccnc(N3CCN(C)CC3)c2)cc1. The quantitative estimate of drug-likeness (QED) is 0.594. The van der Waals surface area contributed by atoms with Crippen LogP contribution in [0.15, 0.2) is 42.6 Å². The van der Waals surface area contributed by atoms with E-state index in [1.54, 1.807) is 30.5 Å². The second kappa shape index (κ2) is 11.2. The van der Waals surface area contributed by atoms with Crippen molar-refractivity contribution in [1.82, 2.24) is 20.5 Å². The van der Waals surface area contributed by atoms with Gasteiger partial charge in [-0.3, -0.25) is 4.79 Å². The van der Waals surface area contributed by atoms with Crippen LogP contribution in [0.1, 0.15) is 12.5 Å². The summed E-state index contributed by atoms with van der Waals surface area (Å²) in [5.41, 5.74) is 1.60. The number of ether oxygens (including phenoxy) is 1. The number of urea groups is 1. The van der Waals surface area contributed by atoms with Crippen molar-refractivity contribution >= 4 is 23.4 Å². The van der Waals surface area contributed by atoms with E-state index < -0.39 is 6.03 Å². The highest BCUT2D eigenvalue weighted by molar-refractivity contribution is 5.94. The summed E-state index contributed by atoms with van der Waals surface area (Å²) in [6.07, 6.45) is 1.76. The molecule has 0 atom stereocenters. The lowest BCUT2D eigenvalue weighted by Crippen LogP contribution is -2.44. The molecule has 3 N–H and O–H groups in total. The van der Waals surface area contributed by atoms with Crippen molar-refractivity contribution in [3.05, 3.63) is 48.2 Å². The second-order valence-corrected chi connectivity index (χ2v) is 7.35. The van der Waals surface area contributed by atoms with E-state index in [1.165, 1.54) is 0 Å². The lowest BCUT2D eigenvalue weighted by atomic mass is 10.2. The number of carbonyl (C=O) groups excluding carboxylic acids is 2. The molecule has 3 amide bonds. The van der Waals surface area contributed by atoms with Gasteiger partial charge in [-0.1, -0.05) is 0 Å². The lowest BCUT2D eigenvalue weighted by molar-refractivity contribution is -0.115. The average molecular weight is 427 g/mol. The third-order valence-corrected chi connectivity index (χ3v) is 4.95. The molecule has 31 heavy (non-hydrogen) atoms. The van der Waals surface area contributed by atoms with Gasteiger partial charge in [0.15, 0.2) is 0 Å². The zero-order valence-corrected chi connectivity index (χ0v) is 18.1. The normalized spacial score (nSPS) is 14.1. The number of likely N-dealkylation sites (N-methyl/N-ethyl adjacent to an activating group) is 1. The van der Waals surface area contributed by atoms with Gasteiger partial charge in [-0.05, 0) is 55.9 Å². The Kier molecular flexibility index (Phi) is 8.05. The topological polar surface area (TPSA) is 98.8 Å². The third-order valence-electron chi connectivity index (χ3n) is 4.95. The van der Waals surface area contributed by atoms with Crippen LogP contribution >= 0.6 is 0 Å². The van der Waals surface area contributed by atoms with Crippen molar-refractivity contribution in [1.29, 1.82) is 0 Å². The minimum absolute atomic E-state index is 0.123. The van der Waals surface area contributed by atoms with Gasteiger partial charge >= 0.3 is 6.03 Å². The molecule has 0 spiro atoms. The van der Waals surface area contributed by atoms with Crippen LogP contribution in [0.5, 0.6) is 5.75 Å². The van der Waals surface area contributed by atoms with Crippen LogP contribution < -0.4 is 25.6 Å². The highest BCUT2D eigenvalue weighted by Gasteiger charge is 2.15. The molecule has 1 saturated heterocycles. The van der Waals surface area contributed by atoms with E-state index in [0.29, 0.717) is 18.8 Å². The van der Waals surface area contributed by atoms with Crippen molar-refractivity contribution in [3.8, 4) is 5.75 Å². The molecule has 0 unspecified atom stereocenters. The van der Waals surface area contributed by atoms with Crippen LogP contribution in [0.2, 0.25) is 0 Å². The van der Waals surface area contributed by atoms with E-state index >= 15 is 0 Å². The maximum absolute atomic E-state index is 12.1. The van der Waals surface area contributed by atoms with Crippen molar-refractivity contribution in [3.63, 3.8) is 0 Å². The summed E-state index contributed by atoms with van der Waals surface area (Å²) in [6, 6.07) is 10.5. The maximum Gasteiger partial charge on any atom is 0.315 e. The van der Waals surface area contributed by atoms with Crippen molar-refractivity contribution in [2.75, 3.05) is 56.6 Å². The number of nitrogens with zero attached hydrogens (tertiary/aromatic N) is 3. The summed E-state index contributed by atoms with van der Waals surface area (Å²) in [7, 11) is 2.11. The minimum atomic E-state index is -0.403. The minimum Gasteiger partial charge on any atom is -0.494 e. The van der Waals surface area contributed by atoms with E-state index in [9.17, 15) is 9.59 Å². The van der Waals surface area contributed by atoms with Gasteiger partial charge in [0, 0.05) is 44.6 Å². The van der Waals surface area contributed by atoms with Crippen LogP contribution in [0.25, 0.3) is 0 Å². The highest BCUT2D eigenvalue weighted by Crippen LogP contribution is 2.16. The molecule has 0 aliphatic carbocycles. The number of rotatable bonds is 8. The summed E-state index contributed by atoms with van der Waals surface area (Å²) in [6.45, 7) is 6.61. The first kappa shape index (κ1) is 22.4. The van der Waals surface area contributed by atoms with Gasteiger partial charge in [0.25, 0.3) is 0 Å². The molecule has 1 aliphatic rings. The predicted octanol–water partition coefficient (Wildman–Crippen LogP) is 1.67. The molecule has 1 aliphatic heterocycles. The van der Waals surface area contributed by atoms with E-state index in [-0.39, 0.29) is 12.5 Å². The van der Waals surface area contributed by atoms with Gasteiger partial charge in [-0.15, -0.1) is 0 Å². The van der Waals surface area contributed by atoms with Gasteiger partial charge in [0.1, 0.15) is 11.6 Å². The Morgan fingerprint density at radius 2 is 1.81 bits per heavy atom. The molecular formula is C22H30N6O3. The molecule has 9 heteroatoms. The molecule has 1 aromatic heterocycles. The summed E-state index contributed by atoms with van der Waals surface area (Å²) in [5, 5.41) is 8.08. The van der Waals surface area contributed by atoms with E-state index in [0.717, 1.165) is 43.3 Å². The Morgan fingerprint density at radius 3 is 2.52 bits per heavy atom. The fraction of sp³-hybridized carbons (Fsp3) is 0.409. The molecule has 0 radical (unpaired) electrons. The number of carbonyl (C=O) groups is 2. The Balaban J connectivity index is 1.40. The first-order valence-electron chi connectivity index (χ1n) is 10.5. The largest absolute Gasteiger partial charge is 0.494 e. The van der Waals surface area contributed by atoms with Gasteiger partial charge < -0.3 is 30.5 Å². The summed E-state index contributed by atoms with van der Waals surface area (Å²) in [5.74, 6) is 1.35. The molecular weight excluding hydrogens is 396 g/mol. The smallest absolute Gasteiger partial charge is 0.315 e.